The Kier molecular flexibility index (Phi) is 12.8. The zero-order valence-corrected chi connectivity index (χ0v) is 12.3. The lowest BCUT2D eigenvalue weighted by molar-refractivity contribution is -0.910. The topological polar surface area (TPSA) is 127 Å². The zero-order chi connectivity index (χ0) is 15.4. The van der Waals surface area contributed by atoms with E-state index in [1.165, 1.54) is 0 Å². The summed E-state index contributed by atoms with van der Waals surface area (Å²) in [6.07, 6.45) is 1.50. The Morgan fingerprint density at radius 1 is 1.00 bits per heavy atom. The van der Waals surface area contributed by atoms with Crippen LogP contribution < -0.4 is 0 Å². The third-order valence-electron chi connectivity index (χ3n) is 2.56. The summed E-state index contributed by atoms with van der Waals surface area (Å²) in [6.45, 7) is 2.96. The first-order valence-electron chi connectivity index (χ1n) is 5.92. The van der Waals surface area contributed by atoms with E-state index in [0.29, 0.717) is 6.54 Å². The SMILES string of the molecule is COS(=O)(=O)[O-].C[N+](CCO)(CCCO)CCCO. The van der Waals surface area contributed by atoms with Gasteiger partial charge in [0.2, 0.25) is 10.4 Å². The first kappa shape index (κ1) is 21.0. The molecule has 0 spiro atoms. The monoisotopic (exact) mass is 303 g/mol. The van der Waals surface area contributed by atoms with Crippen molar-refractivity contribution in [2.24, 2.45) is 0 Å². The number of aliphatic hydroxyl groups excluding tert-OH is 3. The van der Waals surface area contributed by atoms with Gasteiger partial charge in [-0.3, -0.25) is 4.18 Å². The second-order valence-electron chi connectivity index (χ2n) is 4.24. The van der Waals surface area contributed by atoms with Crippen molar-refractivity contribution >= 4 is 10.4 Å². The first-order valence-corrected chi connectivity index (χ1v) is 7.25. The first-order chi connectivity index (χ1) is 8.74. The summed E-state index contributed by atoms with van der Waals surface area (Å²) < 4.78 is 31.8. The number of likely N-dealkylation sites (N-methyl/N-ethyl adjacent to an activating group) is 1. The van der Waals surface area contributed by atoms with Gasteiger partial charge in [-0.15, -0.1) is 0 Å². The standard InChI is InChI=1S/C9H22NO3.CH4O4S/c1-10(6-9-13,4-2-7-11)5-3-8-12;1-5-6(2,3)4/h11-13H,2-9H2,1H3;1H3,(H,2,3,4)/q+1;/p-1. The molecule has 3 N–H and O–H groups in total. The summed E-state index contributed by atoms with van der Waals surface area (Å²) in [6, 6.07) is 0. The van der Waals surface area contributed by atoms with E-state index in [4.69, 9.17) is 15.3 Å². The van der Waals surface area contributed by atoms with Crippen LogP contribution >= 0.6 is 0 Å². The fourth-order valence-corrected chi connectivity index (χ4v) is 1.48. The fourth-order valence-electron chi connectivity index (χ4n) is 1.48. The highest BCUT2D eigenvalue weighted by atomic mass is 32.3. The summed E-state index contributed by atoms with van der Waals surface area (Å²) in [4.78, 5) is 0. The summed E-state index contributed by atoms with van der Waals surface area (Å²) in [5, 5.41) is 26.3. The molecule has 0 aromatic rings. The van der Waals surface area contributed by atoms with Gasteiger partial charge in [-0.25, -0.2) is 8.42 Å². The molecule has 0 aliphatic rings. The van der Waals surface area contributed by atoms with Gasteiger partial charge in [-0.05, 0) is 0 Å². The van der Waals surface area contributed by atoms with Crippen LogP contribution in [0.15, 0.2) is 0 Å². The number of hydrogen-bond donors (Lipinski definition) is 3. The van der Waals surface area contributed by atoms with Crippen LogP contribution in [0.25, 0.3) is 0 Å². The molecule has 0 saturated carbocycles. The highest BCUT2D eigenvalue weighted by Gasteiger charge is 2.19. The molecule has 0 aromatic carbocycles. The van der Waals surface area contributed by atoms with E-state index in [0.717, 1.165) is 37.5 Å². The minimum Gasteiger partial charge on any atom is -0.726 e. The molecule has 9 heteroatoms. The summed E-state index contributed by atoms with van der Waals surface area (Å²) in [5.74, 6) is 0. The van der Waals surface area contributed by atoms with Crippen molar-refractivity contribution < 1.29 is 37.0 Å². The molecule has 0 unspecified atom stereocenters. The van der Waals surface area contributed by atoms with Crippen LogP contribution in [0.4, 0.5) is 0 Å². The predicted octanol–water partition coefficient (Wildman–Crippen LogP) is -1.72. The summed E-state index contributed by atoms with van der Waals surface area (Å²) in [7, 11) is -1.56. The van der Waals surface area contributed by atoms with Gasteiger partial charge >= 0.3 is 0 Å². The van der Waals surface area contributed by atoms with E-state index >= 15 is 0 Å². The number of hydrogen-bond acceptors (Lipinski definition) is 7. The molecular weight excluding hydrogens is 278 g/mol. The van der Waals surface area contributed by atoms with Gasteiger partial charge < -0.3 is 24.4 Å². The highest BCUT2D eigenvalue weighted by Crippen LogP contribution is 2.04. The van der Waals surface area contributed by atoms with E-state index in [1.54, 1.807) is 0 Å². The Balaban J connectivity index is 0. The van der Waals surface area contributed by atoms with Gasteiger partial charge in [0, 0.05) is 26.1 Å². The van der Waals surface area contributed by atoms with Gasteiger partial charge in [-0.1, -0.05) is 0 Å². The maximum absolute atomic E-state index is 9.22. The predicted molar refractivity (Wildman–Crippen MR) is 68.0 cm³/mol. The molecule has 0 heterocycles. The van der Waals surface area contributed by atoms with Crippen LogP contribution in [0.5, 0.6) is 0 Å². The summed E-state index contributed by atoms with van der Waals surface area (Å²) in [5.41, 5.74) is 0. The Hall–Kier alpha value is -0.290. The fraction of sp³-hybridized carbons (Fsp3) is 1.00. The average Bonchev–Trinajstić information content (AvgIpc) is 2.34. The quantitative estimate of drug-likeness (QED) is 0.263. The molecule has 0 aliphatic heterocycles. The highest BCUT2D eigenvalue weighted by molar-refractivity contribution is 7.80. The van der Waals surface area contributed by atoms with Gasteiger partial charge in [0.05, 0.1) is 33.9 Å². The van der Waals surface area contributed by atoms with Gasteiger partial charge in [-0.2, -0.15) is 0 Å². The molecule has 0 saturated heterocycles. The molecule has 0 aliphatic carbocycles. The number of aliphatic hydroxyl groups is 3. The Labute approximate surface area is 114 Å². The van der Waals surface area contributed by atoms with E-state index in [2.05, 4.69) is 4.18 Å². The van der Waals surface area contributed by atoms with Crippen molar-refractivity contribution in [3.8, 4) is 0 Å². The molecule has 0 bridgehead atoms. The lowest BCUT2D eigenvalue weighted by Crippen LogP contribution is -2.48. The normalized spacial score (nSPS) is 11.9. The summed E-state index contributed by atoms with van der Waals surface area (Å²) >= 11 is 0. The second kappa shape index (κ2) is 11.5. The third kappa shape index (κ3) is 15.7. The molecule has 8 nitrogen and oxygen atoms in total. The molecule has 19 heavy (non-hydrogen) atoms. The lowest BCUT2D eigenvalue weighted by atomic mass is 10.3. The Morgan fingerprint density at radius 2 is 1.37 bits per heavy atom. The van der Waals surface area contributed by atoms with Crippen LogP contribution in [0, 0.1) is 0 Å². The van der Waals surface area contributed by atoms with Crippen LogP contribution in [-0.2, 0) is 14.6 Å². The van der Waals surface area contributed by atoms with Crippen LogP contribution in [-0.4, -0.2) is 86.4 Å². The molecule has 118 valence electrons. The minimum absolute atomic E-state index is 0.160. The molecule has 0 radical (unpaired) electrons. The minimum atomic E-state index is -4.41. The smallest absolute Gasteiger partial charge is 0.217 e. The van der Waals surface area contributed by atoms with Crippen LogP contribution in [0.2, 0.25) is 0 Å². The van der Waals surface area contributed by atoms with Crippen molar-refractivity contribution in [1.29, 1.82) is 0 Å². The van der Waals surface area contributed by atoms with E-state index in [1.807, 2.05) is 7.05 Å². The van der Waals surface area contributed by atoms with Crippen molar-refractivity contribution in [1.82, 2.24) is 0 Å². The van der Waals surface area contributed by atoms with Crippen LogP contribution in [0.1, 0.15) is 12.8 Å². The number of rotatable bonds is 9. The molecule has 0 amide bonds. The van der Waals surface area contributed by atoms with E-state index in [-0.39, 0.29) is 19.8 Å². The van der Waals surface area contributed by atoms with E-state index < -0.39 is 10.4 Å². The zero-order valence-electron chi connectivity index (χ0n) is 11.5. The molecular formula is C10H25NO7S. The van der Waals surface area contributed by atoms with Crippen molar-refractivity contribution in [3.63, 3.8) is 0 Å². The average molecular weight is 303 g/mol. The van der Waals surface area contributed by atoms with Crippen molar-refractivity contribution in [2.75, 3.05) is 53.6 Å². The van der Waals surface area contributed by atoms with Gasteiger partial charge in [0.25, 0.3) is 0 Å². The number of quaternary nitrogens is 1. The third-order valence-corrected chi connectivity index (χ3v) is 2.96. The second-order valence-corrected chi connectivity index (χ2v) is 5.39. The maximum Gasteiger partial charge on any atom is 0.217 e. The molecule has 0 rings (SSSR count). The van der Waals surface area contributed by atoms with E-state index in [9.17, 15) is 13.0 Å². The Morgan fingerprint density at radius 3 is 1.58 bits per heavy atom. The number of nitrogens with zero attached hydrogens (tertiary/aromatic N) is 1. The van der Waals surface area contributed by atoms with Crippen LogP contribution in [0.3, 0.4) is 0 Å². The molecule has 0 aromatic heterocycles. The Bertz CT molecular complexity index is 286. The van der Waals surface area contributed by atoms with Crippen molar-refractivity contribution in [2.45, 2.75) is 12.8 Å². The van der Waals surface area contributed by atoms with Gasteiger partial charge in [0.15, 0.2) is 0 Å². The largest absolute Gasteiger partial charge is 0.726 e. The maximum atomic E-state index is 9.22. The van der Waals surface area contributed by atoms with Gasteiger partial charge in [0.1, 0.15) is 6.54 Å². The van der Waals surface area contributed by atoms with Crippen molar-refractivity contribution in [3.05, 3.63) is 0 Å². The lowest BCUT2D eigenvalue weighted by Gasteiger charge is -2.33. The molecule has 0 fully saturated rings. The molecule has 0 atom stereocenters.